The van der Waals surface area contributed by atoms with Crippen molar-refractivity contribution in [2.24, 2.45) is 5.41 Å². The summed E-state index contributed by atoms with van der Waals surface area (Å²) in [6, 6.07) is 6.40. The molecule has 2 aliphatic rings. The number of carbonyl (C=O) groups is 3. The Kier molecular flexibility index (Phi) is 4.53. The number of esters is 1. The fourth-order valence-corrected chi connectivity index (χ4v) is 2.79. The molecule has 128 valence electrons. The zero-order valence-corrected chi connectivity index (χ0v) is 13.5. The summed E-state index contributed by atoms with van der Waals surface area (Å²) >= 11 is 0. The van der Waals surface area contributed by atoms with E-state index in [-0.39, 0.29) is 11.8 Å². The standard InChI is InChI=1S/C17H20N2O5/c1-23-14(20)12-2-4-13(5-3-12)18-15(21)17(6-7-17)16(22)19-8-10-24-11-9-19/h2-5H,6-11H2,1H3,(H,18,21). The van der Waals surface area contributed by atoms with Crippen molar-refractivity contribution in [2.45, 2.75) is 12.8 Å². The van der Waals surface area contributed by atoms with Crippen molar-refractivity contribution in [3.05, 3.63) is 29.8 Å². The van der Waals surface area contributed by atoms with Gasteiger partial charge in [0.15, 0.2) is 0 Å². The molecule has 0 spiro atoms. The van der Waals surface area contributed by atoms with Gasteiger partial charge in [0.05, 0.1) is 25.9 Å². The van der Waals surface area contributed by atoms with E-state index in [0.29, 0.717) is 50.4 Å². The van der Waals surface area contributed by atoms with Crippen molar-refractivity contribution in [1.29, 1.82) is 0 Å². The molecule has 0 atom stereocenters. The third-order valence-corrected chi connectivity index (χ3v) is 4.46. The van der Waals surface area contributed by atoms with Crippen LogP contribution in [0.1, 0.15) is 23.2 Å². The number of hydrogen-bond acceptors (Lipinski definition) is 5. The smallest absolute Gasteiger partial charge is 0.337 e. The number of carbonyl (C=O) groups excluding carboxylic acids is 3. The minimum absolute atomic E-state index is 0.116. The normalized spacial score (nSPS) is 18.6. The van der Waals surface area contributed by atoms with Crippen LogP contribution in [0, 0.1) is 5.41 Å². The van der Waals surface area contributed by atoms with E-state index in [9.17, 15) is 14.4 Å². The van der Waals surface area contributed by atoms with Gasteiger partial charge in [0.1, 0.15) is 5.41 Å². The lowest BCUT2D eigenvalue weighted by Crippen LogP contribution is -2.47. The van der Waals surface area contributed by atoms with Gasteiger partial charge in [-0.25, -0.2) is 4.79 Å². The molecular formula is C17H20N2O5. The molecule has 1 aliphatic heterocycles. The van der Waals surface area contributed by atoms with Crippen LogP contribution >= 0.6 is 0 Å². The van der Waals surface area contributed by atoms with Crippen LogP contribution in [0.3, 0.4) is 0 Å². The van der Waals surface area contributed by atoms with Crippen molar-refractivity contribution >= 4 is 23.5 Å². The van der Waals surface area contributed by atoms with E-state index in [1.165, 1.54) is 7.11 Å². The Morgan fingerprint density at radius 2 is 1.75 bits per heavy atom. The number of nitrogens with one attached hydrogen (secondary N) is 1. The number of nitrogens with zero attached hydrogens (tertiary/aromatic N) is 1. The largest absolute Gasteiger partial charge is 0.465 e. The summed E-state index contributed by atoms with van der Waals surface area (Å²) in [7, 11) is 1.31. The molecular weight excluding hydrogens is 312 g/mol. The van der Waals surface area contributed by atoms with Crippen molar-refractivity contribution in [3.63, 3.8) is 0 Å². The molecule has 0 aromatic heterocycles. The lowest BCUT2D eigenvalue weighted by Gasteiger charge is -2.30. The summed E-state index contributed by atoms with van der Waals surface area (Å²) in [4.78, 5) is 38.3. The van der Waals surface area contributed by atoms with Crippen molar-refractivity contribution < 1.29 is 23.9 Å². The van der Waals surface area contributed by atoms with Gasteiger partial charge in [-0.3, -0.25) is 9.59 Å². The molecule has 1 saturated heterocycles. The molecule has 1 aliphatic carbocycles. The minimum atomic E-state index is -0.946. The van der Waals surface area contributed by atoms with Gasteiger partial charge in [-0.15, -0.1) is 0 Å². The van der Waals surface area contributed by atoms with Gasteiger partial charge < -0.3 is 19.7 Å². The van der Waals surface area contributed by atoms with Crippen LogP contribution in [0.25, 0.3) is 0 Å². The van der Waals surface area contributed by atoms with E-state index in [0.717, 1.165) is 0 Å². The molecule has 0 bridgehead atoms. The first kappa shape index (κ1) is 16.4. The summed E-state index contributed by atoms with van der Waals surface area (Å²) in [6.45, 7) is 2.08. The maximum absolute atomic E-state index is 12.6. The molecule has 0 unspecified atom stereocenters. The van der Waals surface area contributed by atoms with Gasteiger partial charge in [0.25, 0.3) is 0 Å². The van der Waals surface area contributed by atoms with Gasteiger partial charge in [-0.1, -0.05) is 0 Å². The van der Waals surface area contributed by atoms with Crippen LogP contribution < -0.4 is 5.32 Å². The van der Waals surface area contributed by atoms with Gasteiger partial charge in [-0.05, 0) is 37.1 Å². The zero-order valence-electron chi connectivity index (χ0n) is 13.5. The molecule has 2 amide bonds. The predicted octanol–water partition coefficient (Wildman–Crippen LogP) is 1.05. The summed E-state index contributed by atoms with van der Waals surface area (Å²) in [6.07, 6.45) is 1.13. The highest BCUT2D eigenvalue weighted by Gasteiger charge is 2.58. The lowest BCUT2D eigenvalue weighted by atomic mass is 10.0. The Hall–Kier alpha value is -2.41. The quantitative estimate of drug-likeness (QED) is 0.658. The first-order valence-corrected chi connectivity index (χ1v) is 7.94. The number of rotatable bonds is 4. The Labute approximate surface area is 139 Å². The highest BCUT2D eigenvalue weighted by atomic mass is 16.5. The number of benzene rings is 1. The number of amides is 2. The summed E-state index contributed by atoms with van der Waals surface area (Å²) in [5.74, 6) is -0.840. The summed E-state index contributed by atoms with van der Waals surface area (Å²) < 4.78 is 9.88. The van der Waals surface area contributed by atoms with Crippen molar-refractivity contribution in [1.82, 2.24) is 4.90 Å². The second-order valence-corrected chi connectivity index (χ2v) is 6.01. The summed E-state index contributed by atoms with van der Waals surface area (Å²) in [5, 5.41) is 2.78. The predicted molar refractivity (Wildman–Crippen MR) is 85.5 cm³/mol. The van der Waals surface area contributed by atoms with Gasteiger partial charge in [0, 0.05) is 18.8 Å². The topological polar surface area (TPSA) is 84.9 Å². The maximum Gasteiger partial charge on any atom is 0.337 e. The third-order valence-electron chi connectivity index (χ3n) is 4.46. The van der Waals surface area contributed by atoms with Crippen LogP contribution in [-0.4, -0.2) is 56.1 Å². The molecule has 3 rings (SSSR count). The second-order valence-electron chi connectivity index (χ2n) is 6.01. The zero-order chi connectivity index (χ0) is 17.2. The number of morpholine rings is 1. The van der Waals surface area contributed by atoms with E-state index in [1.807, 2.05) is 0 Å². The number of hydrogen-bond donors (Lipinski definition) is 1. The van der Waals surface area contributed by atoms with Crippen LogP contribution in [-0.2, 0) is 19.1 Å². The highest BCUT2D eigenvalue weighted by Crippen LogP contribution is 2.48. The second kappa shape index (κ2) is 6.60. The molecule has 1 N–H and O–H groups in total. The van der Waals surface area contributed by atoms with E-state index in [4.69, 9.17) is 4.74 Å². The molecule has 24 heavy (non-hydrogen) atoms. The Bertz CT molecular complexity index is 645. The molecule has 7 heteroatoms. The fraction of sp³-hybridized carbons (Fsp3) is 0.471. The van der Waals surface area contributed by atoms with E-state index in [1.54, 1.807) is 29.2 Å². The van der Waals surface area contributed by atoms with Gasteiger partial charge >= 0.3 is 5.97 Å². The Balaban J connectivity index is 1.65. The van der Waals surface area contributed by atoms with Crippen LogP contribution in [0.2, 0.25) is 0 Å². The van der Waals surface area contributed by atoms with E-state index in [2.05, 4.69) is 10.1 Å². The molecule has 1 aromatic carbocycles. The average Bonchev–Trinajstić information content (AvgIpc) is 3.44. The monoisotopic (exact) mass is 332 g/mol. The van der Waals surface area contributed by atoms with Gasteiger partial charge in [0.2, 0.25) is 11.8 Å². The van der Waals surface area contributed by atoms with E-state index >= 15 is 0 Å². The Morgan fingerprint density at radius 1 is 1.12 bits per heavy atom. The van der Waals surface area contributed by atoms with E-state index < -0.39 is 11.4 Å². The molecule has 1 aromatic rings. The third kappa shape index (κ3) is 3.12. The summed E-state index contributed by atoms with van der Waals surface area (Å²) in [5.41, 5.74) is 0.00739. The molecule has 0 radical (unpaired) electrons. The molecule has 2 fully saturated rings. The SMILES string of the molecule is COC(=O)c1ccc(NC(=O)C2(C(=O)N3CCOCC3)CC2)cc1. The van der Waals surface area contributed by atoms with Crippen LogP contribution in [0.15, 0.2) is 24.3 Å². The van der Waals surface area contributed by atoms with Gasteiger partial charge in [-0.2, -0.15) is 0 Å². The van der Waals surface area contributed by atoms with Crippen molar-refractivity contribution in [2.75, 3.05) is 38.7 Å². The molecule has 7 nitrogen and oxygen atoms in total. The first-order valence-electron chi connectivity index (χ1n) is 7.94. The fourth-order valence-electron chi connectivity index (χ4n) is 2.79. The maximum atomic E-state index is 12.6. The molecule has 1 saturated carbocycles. The minimum Gasteiger partial charge on any atom is -0.465 e. The number of methoxy groups -OCH3 is 1. The number of ether oxygens (including phenoxy) is 2. The lowest BCUT2D eigenvalue weighted by molar-refractivity contribution is -0.145. The first-order chi connectivity index (χ1) is 11.6. The number of anilines is 1. The highest BCUT2D eigenvalue weighted by molar-refractivity contribution is 6.13. The average molecular weight is 332 g/mol. The molecule has 1 heterocycles. The van der Waals surface area contributed by atoms with Crippen molar-refractivity contribution in [3.8, 4) is 0 Å². The van der Waals surface area contributed by atoms with Crippen LogP contribution in [0.5, 0.6) is 0 Å². The Morgan fingerprint density at radius 3 is 2.29 bits per heavy atom. The van der Waals surface area contributed by atoms with Crippen LogP contribution in [0.4, 0.5) is 5.69 Å².